The number of ether oxygens (including phenoxy) is 2. The van der Waals surface area contributed by atoms with Gasteiger partial charge in [0.05, 0.1) is 13.0 Å². The van der Waals surface area contributed by atoms with Crippen LogP contribution in [0.25, 0.3) is 0 Å². The van der Waals surface area contributed by atoms with Gasteiger partial charge in [-0.25, -0.2) is 4.79 Å². The summed E-state index contributed by atoms with van der Waals surface area (Å²) in [6.45, 7) is 0.0954. The molecule has 122 valence electrons. The number of nitrogens with one attached hydrogen (secondary N) is 2. The first-order chi connectivity index (χ1) is 11.6. The first-order valence-electron chi connectivity index (χ1n) is 7.40. The molecule has 2 aromatic carbocycles. The van der Waals surface area contributed by atoms with E-state index in [0.717, 1.165) is 0 Å². The number of carbonyl (C=O) groups is 2. The largest absolute Gasteiger partial charge is 0.497 e. The lowest BCUT2D eigenvalue weighted by molar-refractivity contribution is -0.132. The predicted molar refractivity (Wildman–Crippen MR) is 88.8 cm³/mol. The van der Waals surface area contributed by atoms with E-state index in [1.54, 1.807) is 42.5 Å². The van der Waals surface area contributed by atoms with E-state index in [0.29, 0.717) is 22.6 Å². The van der Waals surface area contributed by atoms with Gasteiger partial charge in [0.1, 0.15) is 18.1 Å². The van der Waals surface area contributed by atoms with Gasteiger partial charge in [-0.3, -0.25) is 10.2 Å². The van der Waals surface area contributed by atoms with E-state index in [1.165, 1.54) is 7.11 Å². The predicted octanol–water partition coefficient (Wildman–Crippen LogP) is 2.61. The molecule has 0 aliphatic carbocycles. The van der Waals surface area contributed by atoms with E-state index < -0.39 is 11.9 Å². The molecule has 0 saturated carbocycles. The Bertz CT molecular complexity index is 802. The van der Waals surface area contributed by atoms with Crippen LogP contribution in [0, 0.1) is 5.41 Å². The molecule has 0 aromatic heterocycles. The lowest BCUT2D eigenvalue weighted by Gasteiger charge is -2.16. The van der Waals surface area contributed by atoms with Crippen molar-refractivity contribution in [2.75, 3.05) is 19.0 Å². The summed E-state index contributed by atoms with van der Waals surface area (Å²) >= 11 is 0. The topological polar surface area (TPSA) is 88.5 Å². The standard InChI is InChI=1S/C18H16N2O4/c1-23-12-7-8-13(14-10-24-18(22)16(14)19)15(9-12)20-17(21)11-5-3-2-4-6-11/h2-9,14,19H,10H2,1H3,(H,20,21)/t14-/m1/s1. The molecule has 0 bridgehead atoms. The molecule has 1 atom stereocenters. The number of hydrogen-bond donors (Lipinski definition) is 2. The van der Waals surface area contributed by atoms with E-state index in [2.05, 4.69) is 5.32 Å². The van der Waals surface area contributed by atoms with Crippen molar-refractivity contribution < 1.29 is 19.1 Å². The summed E-state index contributed by atoms with van der Waals surface area (Å²) in [5.74, 6) is -0.841. The third kappa shape index (κ3) is 2.99. The van der Waals surface area contributed by atoms with Crippen molar-refractivity contribution in [2.45, 2.75) is 5.92 Å². The Morgan fingerprint density at radius 1 is 1.25 bits per heavy atom. The Morgan fingerprint density at radius 2 is 2.00 bits per heavy atom. The third-order valence-electron chi connectivity index (χ3n) is 3.87. The first kappa shape index (κ1) is 15.7. The zero-order valence-corrected chi connectivity index (χ0v) is 13.0. The van der Waals surface area contributed by atoms with Crippen LogP contribution in [0.2, 0.25) is 0 Å². The average Bonchev–Trinajstić information content (AvgIpc) is 2.94. The van der Waals surface area contributed by atoms with Crippen molar-refractivity contribution in [3.05, 3.63) is 59.7 Å². The summed E-state index contributed by atoms with van der Waals surface area (Å²) in [5.41, 5.74) is 1.54. The Labute approximate surface area is 138 Å². The van der Waals surface area contributed by atoms with Gasteiger partial charge >= 0.3 is 5.97 Å². The number of esters is 1. The van der Waals surface area contributed by atoms with Crippen molar-refractivity contribution in [1.82, 2.24) is 0 Å². The second-order valence-corrected chi connectivity index (χ2v) is 5.34. The number of amides is 1. The minimum Gasteiger partial charge on any atom is -0.497 e. The van der Waals surface area contributed by atoms with E-state index in [4.69, 9.17) is 14.9 Å². The number of benzene rings is 2. The van der Waals surface area contributed by atoms with E-state index in [-0.39, 0.29) is 18.2 Å². The van der Waals surface area contributed by atoms with Crippen LogP contribution in [-0.4, -0.2) is 31.3 Å². The number of hydrogen-bond acceptors (Lipinski definition) is 5. The van der Waals surface area contributed by atoms with Crippen LogP contribution in [-0.2, 0) is 9.53 Å². The van der Waals surface area contributed by atoms with Crippen molar-refractivity contribution in [3.63, 3.8) is 0 Å². The van der Waals surface area contributed by atoms with Crippen LogP contribution >= 0.6 is 0 Å². The third-order valence-corrected chi connectivity index (χ3v) is 3.87. The van der Waals surface area contributed by atoms with Gasteiger partial charge in [0, 0.05) is 17.3 Å². The monoisotopic (exact) mass is 324 g/mol. The van der Waals surface area contributed by atoms with Gasteiger partial charge in [0.25, 0.3) is 5.91 Å². The van der Waals surface area contributed by atoms with Crippen molar-refractivity contribution in [2.24, 2.45) is 0 Å². The molecule has 1 heterocycles. The van der Waals surface area contributed by atoms with Gasteiger partial charge in [0.2, 0.25) is 0 Å². The van der Waals surface area contributed by atoms with Crippen LogP contribution in [0.3, 0.4) is 0 Å². The molecule has 1 saturated heterocycles. The molecule has 0 spiro atoms. The lowest BCUT2D eigenvalue weighted by atomic mass is 9.94. The molecular weight excluding hydrogens is 308 g/mol. The molecule has 6 heteroatoms. The molecule has 2 N–H and O–H groups in total. The zero-order chi connectivity index (χ0) is 17.1. The highest BCUT2D eigenvalue weighted by Gasteiger charge is 2.34. The van der Waals surface area contributed by atoms with Gasteiger partial charge in [-0.05, 0) is 23.8 Å². The Morgan fingerprint density at radius 3 is 2.62 bits per heavy atom. The summed E-state index contributed by atoms with van der Waals surface area (Å²) < 4.78 is 10.1. The minimum atomic E-state index is -0.629. The normalized spacial score (nSPS) is 16.6. The SMILES string of the molecule is COc1ccc([C@H]2COC(=O)C2=N)c(NC(=O)c2ccccc2)c1. The van der Waals surface area contributed by atoms with Crippen LogP contribution in [0.1, 0.15) is 21.8 Å². The number of anilines is 1. The van der Waals surface area contributed by atoms with Gasteiger partial charge in [-0.15, -0.1) is 0 Å². The van der Waals surface area contributed by atoms with Crippen LogP contribution < -0.4 is 10.1 Å². The maximum absolute atomic E-state index is 12.4. The molecular formula is C18H16N2O4. The lowest BCUT2D eigenvalue weighted by Crippen LogP contribution is -2.17. The number of methoxy groups -OCH3 is 1. The van der Waals surface area contributed by atoms with Gasteiger partial charge in [0.15, 0.2) is 0 Å². The molecule has 24 heavy (non-hydrogen) atoms. The molecule has 1 aliphatic rings. The summed E-state index contributed by atoms with van der Waals surface area (Å²) in [6.07, 6.45) is 0. The Hall–Kier alpha value is -3.15. The highest BCUT2D eigenvalue weighted by Crippen LogP contribution is 2.32. The number of carbonyl (C=O) groups excluding carboxylic acids is 2. The fraction of sp³-hybridized carbons (Fsp3) is 0.167. The highest BCUT2D eigenvalue weighted by atomic mass is 16.5. The highest BCUT2D eigenvalue weighted by molar-refractivity contribution is 6.39. The molecule has 3 rings (SSSR count). The van der Waals surface area contributed by atoms with Crippen molar-refractivity contribution >= 4 is 23.3 Å². The van der Waals surface area contributed by atoms with Gasteiger partial charge < -0.3 is 14.8 Å². The quantitative estimate of drug-likeness (QED) is 0.846. The summed E-state index contributed by atoms with van der Waals surface area (Å²) in [6, 6.07) is 13.9. The molecule has 1 aliphatic heterocycles. The Kier molecular flexibility index (Phi) is 4.29. The number of cyclic esters (lactones) is 1. The van der Waals surface area contributed by atoms with Crippen LogP contribution in [0.5, 0.6) is 5.75 Å². The van der Waals surface area contributed by atoms with Crippen molar-refractivity contribution in [3.8, 4) is 5.75 Å². The zero-order valence-electron chi connectivity index (χ0n) is 13.0. The maximum atomic E-state index is 12.4. The molecule has 0 unspecified atom stereocenters. The average molecular weight is 324 g/mol. The van der Waals surface area contributed by atoms with Crippen LogP contribution in [0.4, 0.5) is 5.69 Å². The maximum Gasteiger partial charge on any atom is 0.352 e. The molecule has 1 fully saturated rings. The van der Waals surface area contributed by atoms with E-state index >= 15 is 0 Å². The molecule has 0 radical (unpaired) electrons. The fourth-order valence-corrected chi connectivity index (χ4v) is 2.57. The molecule has 1 amide bonds. The second kappa shape index (κ2) is 6.54. The number of rotatable bonds is 4. The van der Waals surface area contributed by atoms with E-state index in [9.17, 15) is 9.59 Å². The minimum absolute atomic E-state index is 0.0954. The fourth-order valence-electron chi connectivity index (χ4n) is 2.57. The smallest absolute Gasteiger partial charge is 0.352 e. The first-order valence-corrected chi connectivity index (χ1v) is 7.40. The van der Waals surface area contributed by atoms with Gasteiger partial charge in [-0.1, -0.05) is 24.3 Å². The summed E-state index contributed by atoms with van der Waals surface area (Å²) in [4.78, 5) is 23.9. The summed E-state index contributed by atoms with van der Waals surface area (Å²) in [5, 5.41) is 10.7. The summed E-state index contributed by atoms with van der Waals surface area (Å²) in [7, 11) is 1.53. The molecule has 6 nitrogen and oxygen atoms in total. The van der Waals surface area contributed by atoms with Crippen LogP contribution in [0.15, 0.2) is 48.5 Å². The Balaban J connectivity index is 1.94. The van der Waals surface area contributed by atoms with Gasteiger partial charge in [-0.2, -0.15) is 0 Å². The second-order valence-electron chi connectivity index (χ2n) is 5.34. The van der Waals surface area contributed by atoms with Crippen molar-refractivity contribution in [1.29, 1.82) is 5.41 Å². The molecule has 2 aromatic rings. The van der Waals surface area contributed by atoms with E-state index in [1.807, 2.05) is 6.07 Å².